The maximum atomic E-state index is 13.1. The molecule has 7 heteroatoms. The van der Waals surface area contributed by atoms with Crippen LogP contribution >= 0.6 is 0 Å². The van der Waals surface area contributed by atoms with Crippen LogP contribution < -0.4 is 4.90 Å². The summed E-state index contributed by atoms with van der Waals surface area (Å²) in [6, 6.07) is 3.96. The van der Waals surface area contributed by atoms with Gasteiger partial charge in [-0.1, -0.05) is 13.3 Å². The third-order valence-electron chi connectivity index (χ3n) is 6.69. The van der Waals surface area contributed by atoms with Crippen molar-refractivity contribution in [1.29, 1.82) is 0 Å². The van der Waals surface area contributed by atoms with Crippen molar-refractivity contribution in [1.82, 2.24) is 19.7 Å². The van der Waals surface area contributed by atoms with E-state index in [9.17, 15) is 9.59 Å². The predicted molar refractivity (Wildman–Crippen MR) is 117 cm³/mol. The van der Waals surface area contributed by atoms with Crippen LogP contribution in [0.5, 0.6) is 0 Å². The maximum Gasteiger partial charge on any atom is 0.240 e. The Bertz CT molecular complexity index is 804. The zero-order valence-corrected chi connectivity index (χ0v) is 18.4. The van der Waals surface area contributed by atoms with Crippen LogP contribution in [0.3, 0.4) is 0 Å². The molecule has 4 heterocycles. The zero-order chi connectivity index (χ0) is 21.3. The Morgan fingerprint density at radius 1 is 1.10 bits per heavy atom. The first-order chi connectivity index (χ1) is 14.5. The summed E-state index contributed by atoms with van der Waals surface area (Å²) in [5.41, 5.74) is 3.68. The second-order valence-electron chi connectivity index (χ2n) is 9.00. The Balaban J connectivity index is 1.30. The fourth-order valence-electron chi connectivity index (χ4n) is 4.99. The number of amides is 2. The van der Waals surface area contributed by atoms with Gasteiger partial charge < -0.3 is 14.7 Å². The Morgan fingerprint density at radius 2 is 1.73 bits per heavy atom. The largest absolute Gasteiger partial charge is 0.371 e. The van der Waals surface area contributed by atoms with Crippen molar-refractivity contribution < 1.29 is 9.59 Å². The van der Waals surface area contributed by atoms with Gasteiger partial charge in [-0.25, -0.2) is 0 Å². The van der Waals surface area contributed by atoms with Crippen LogP contribution in [0.2, 0.25) is 0 Å². The van der Waals surface area contributed by atoms with Crippen molar-refractivity contribution in [3.8, 4) is 0 Å². The first-order valence-electron chi connectivity index (χ1n) is 11.1. The van der Waals surface area contributed by atoms with E-state index < -0.39 is 0 Å². The molecule has 1 saturated heterocycles. The van der Waals surface area contributed by atoms with Gasteiger partial charge in [0, 0.05) is 57.3 Å². The number of pyridine rings is 1. The molecule has 1 fully saturated rings. The van der Waals surface area contributed by atoms with Crippen LogP contribution in [0.25, 0.3) is 0 Å². The standard InChI is InChI=1S/C23H33N5O2/c1-4-5-21(25(2)3)23(30)28-15-18-13-27(14-19(18)16-28)22(29)17-8-11-26(12-17)20-6-9-24-10-7-20/h6-7,9-10,17,21H,4-5,8,11-16H2,1-3H3/t17?,21-/m0/s1. The summed E-state index contributed by atoms with van der Waals surface area (Å²) in [6.07, 6.45) is 6.37. The topological polar surface area (TPSA) is 60.0 Å². The third-order valence-corrected chi connectivity index (χ3v) is 6.69. The quantitative estimate of drug-likeness (QED) is 0.666. The molecule has 0 aromatic carbocycles. The van der Waals surface area contributed by atoms with Crippen molar-refractivity contribution in [2.24, 2.45) is 5.92 Å². The van der Waals surface area contributed by atoms with Gasteiger partial charge in [-0.2, -0.15) is 0 Å². The summed E-state index contributed by atoms with van der Waals surface area (Å²) in [6.45, 7) is 6.53. The second-order valence-corrected chi connectivity index (χ2v) is 9.00. The molecule has 1 aromatic heterocycles. The van der Waals surface area contributed by atoms with E-state index in [0.717, 1.165) is 38.0 Å². The number of aromatic nitrogens is 1. The summed E-state index contributed by atoms with van der Waals surface area (Å²) < 4.78 is 0. The van der Waals surface area contributed by atoms with Gasteiger partial charge in [-0.05, 0) is 50.2 Å². The van der Waals surface area contributed by atoms with Crippen molar-refractivity contribution in [3.63, 3.8) is 0 Å². The lowest BCUT2D eigenvalue weighted by molar-refractivity contribution is -0.135. The molecule has 30 heavy (non-hydrogen) atoms. The minimum atomic E-state index is -0.0505. The van der Waals surface area contributed by atoms with Gasteiger partial charge in [0.05, 0.1) is 12.0 Å². The van der Waals surface area contributed by atoms with Crippen molar-refractivity contribution >= 4 is 17.5 Å². The number of anilines is 1. The van der Waals surface area contributed by atoms with Gasteiger partial charge in [0.1, 0.15) is 0 Å². The van der Waals surface area contributed by atoms with Crippen LogP contribution in [0.15, 0.2) is 35.7 Å². The number of likely N-dealkylation sites (N-methyl/N-ethyl adjacent to an activating group) is 1. The van der Waals surface area contributed by atoms with Crippen molar-refractivity contribution in [2.75, 3.05) is 58.3 Å². The van der Waals surface area contributed by atoms with Gasteiger partial charge in [0.2, 0.25) is 11.8 Å². The summed E-state index contributed by atoms with van der Waals surface area (Å²) in [5.74, 6) is 0.535. The molecule has 1 unspecified atom stereocenters. The van der Waals surface area contributed by atoms with E-state index in [-0.39, 0.29) is 23.8 Å². The van der Waals surface area contributed by atoms with E-state index in [1.54, 1.807) is 12.4 Å². The number of nitrogens with zero attached hydrogens (tertiary/aromatic N) is 5. The molecule has 1 aromatic rings. The first kappa shape index (κ1) is 20.8. The highest BCUT2D eigenvalue weighted by atomic mass is 16.2. The molecule has 2 amide bonds. The van der Waals surface area contributed by atoms with Crippen molar-refractivity contribution in [2.45, 2.75) is 32.2 Å². The predicted octanol–water partition coefficient (Wildman–Crippen LogP) is 1.62. The van der Waals surface area contributed by atoms with Crippen LogP contribution in [0, 0.1) is 5.92 Å². The van der Waals surface area contributed by atoms with E-state index in [2.05, 4.69) is 16.8 Å². The summed E-state index contributed by atoms with van der Waals surface area (Å²) in [7, 11) is 3.96. The Hall–Kier alpha value is -2.41. The highest BCUT2D eigenvalue weighted by molar-refractivity contribution is 5.84. The number of carbonyl (C=O) groups excluding carboxylic acids is 2. The second kappa shape index (κ2) is 8.76. The summed E-state index contributed by atoms with van der Waals surface area (Å²) in [5, 5.41) is 0. The highest BCUT2D eigenvalue weighted by Gasteiger charge is 2.39. The smallest absolute Gasteiger partial charge is 0.240 e. The molecular weight excluding hydrogens is 378 g/mol. The molecule has 0 bridgehead atoms. The maximum absolute atomic E-state index is 13.1. The molecule has 2 atom stereocenters. The summed E-state index contributed by atoms with van der Waals surface area (Å²) >= 11 is 0. The molecule has 0 radical (unpaired) electrons. The highest BCUT2D eigenvalue weighted by Crippen LogP contribution is 2.30. The SMILES string of the molecule is CCC[C@@H](C(=O)N1CC2=C(CN(C(=O)C3CCN(c4ccncc4)C3)C2)C1)N(C)C. The molecule has 0 aliphatic carbocycles. The van der Waals surface area contributed by atoms with E-state index in [1.807, 2.05) is 40.9 Å². The average Bonchev–Trinajstić information content (AvgIpc) is 3.46. The number of carbonyl (C=O) groups is 2. The van der Waals surface area contributed by atoms with Gasteiger partial charge in [0.15, 0.2) is 0 Å². The van der Waals surface area contributed by atoms with E-state index in [0.29, 0.717) is 26.2 Å². The summed E-state index contributed by atoms with van der Waals surface area (Å²) in [4.78, 5) is 38.5. The zero-order valence-electron chi connectivity index (χ0n) is 18.4. The molecular formula is C23H33N5O2. The van der Waals surface area contributed by atoms with Gasteiger partial charge in [-0.3, -0.25) is 19.5 Å². The number of rotatable bonds is 6. The molecule has 3 aliphatic heterocycles. The molecule has 3 aliphatic rings. The lowest BCUT2D eigenvalue weighted by Crippen LogP contribution is -2.46. The minimum absolute atomic E-state index is 0.0505. The fraction of sp³-hybridized carbons (Fsp3) is 0.609. The molecule has 0 N–H and O–H groups in total. The Labute approximate surface area is 179 Å². The molecule has 0 spiro atoms. The van der Waals surface area contributed by atoms with E-state index >= 15 is 0 Å². The molecule has 7 nitrogen and oxygen atoms in total. The number of hydrogen-bond donors (Lipinski definition) is 0. The van der Waals surface area contributed by atoms with Crippen LogP contribution in [0.1, 0.15) is 26.2 Å². The molecule has 4 rings (SSSR count). The first-order valence-corrected chi connectivity index (χ1v) is 11.1. The van der Waals surface area contributed by atoms with E-state index in [1.165, 1.54) is 11.1 Å². The average molecular weight is 412 g/mol. The monoisotopic (exact) mass is 411 g/mol. The fourth-order valence-corrected chi connectivity index (χ4v) is 4.99. The van der Waals surface area contributed by atoms with Crippen molar-refractivity contribution in [3.05, 3.63) is 35.7 Å². The van der Waals surface area contributed by atoms with Crippen LogP contribution in [0.4, 0.5) is 5.69 Å². The molecule has 0 saturated carbocycles. The minimum Gasteiger partial charge on any atom is -0.371 e. The number of hydrogen-bond acceptors (Lipinski definition) is 5. The van der Waals surface area contributed by atoms with Gasteiger partial charge in [0.25, 0.3) is 0 Å². The van der Waals surface area contributed by atoms with Crippen LogP contribution in [-0.2, 0) is 9.59 Å². The lowest BCUT2D eigenvalue weighted by Gasteiger charge is -2.30. The van der Waals surface area contributed by atoms with Crippen LogP contribution in [-0.4, -0.2) is 90.9 Å². The normalized spacial score (nSPS) is 22.3. The van der Waals surface area contributed by atoms with Gasteiger partial charge in [-0.15, -0.1) is 0 Å². The van der Waals surface area contributed by atoms with E-state index in [4.69, 9.17) is 0 Å². The van der Waals surface area contributed by atoms with Gasteiger partial charge >= 0.3 is 0 Å². The molecule has 162 valence electrons. The third kappa shape index (κ3) is 4.08. The Kier molecular flexibility index (Phi) is 6.09. The Morgan fingerprint density at radius 3 is 2.33 bits per heavy atom. The lowest BCUT2D eigenvalue weighted by atomic mass is 10.1.